The van der Waals surface area contributed by atoms with Crippen molar-refractivity contribution in [1.82, 2.24) is 10.2 Å². The van der Waals surface area contributed by atoms with E-state index in [9.17, 15) is 4.79 Å². The number of carbonyl (C=O) groups excluding carboxylic acids is 1. The molecule has 0 saturated carbocycles. The Kier molecular flexibility index (Phi) is 7.33. The molecule has 0 heterocycles. The van der Waals surface area contributed by atoms with Crippen LogP contribution in [0.2, 0.25) is 0 Å². The third kappa shape index (κ3) is 5.41. The molecule has 0 spiro atoms. The molecule has 140 valence electrons. The van der Waals surface area contributed by atoms with Crippen LogP contribution in [0.15, 0.2) is 42.5 Å². The summed E-state index contributed by atoms with van der Waals surface area (Å²) in [6, 6.07) is 14.1. The molecule has 0 bridgehead atoms. The SMILES string of the molecule is CCc1ccc(CN(C)C(=O)NCCc2ccc(OC)c(OC)c2)cc1. The van der Waals surface area contributed by atoms with Gasteiger partial charge in [-0.05, 0) is 41.7 Å². The number of nitrogens with one attached hydrogen (secondary N) is 1. The minimum Gasteiger partial charge on any atom is -0.493 e. The molecule has 2 rings (SSSR count). The van der Waals surface area contributed by atoms with Crippen LogP contribution in [0.1, 0.15) is 23.6 Å². The van der Waals surface area contributed by atoms with E-state index in [1.54, 1.807) is 26.2 Å². The summed E-state index contributed by atoms with van der Waals surface area (Å²) in [6.07, 6.45) is 1.75. The molecule has 26 heavy (non-hydrogen) atoms. The van der Waals surface area contributed by atoms with Crippen molar-refractivity contribution in [3.63, 3.8) is 0 Å². The number of carbonyl (C=O) groups is 1. The summed E-state index contributed by atoms with van der Waals surface area (Å²) in [6.45, 7) is 3.28. The standard InChI is InChI=1S/C21H28N2O3/c1-5-16-6-8-18(9-7-16)15-23(2)21(24)22-13-12-17-10-11-19(25-3)20(14-17)26-4/h6-11,14H,5,12-13,15H2,1-4H3,(H,22,24). The second-order valence-corrected chi connectivity index (χ2v) is 6.20. The van der Waals surface area contributed by atoms with Crippen LogP contribution in [-0.2, 0) is 19.4 Å². The maximum Gasteiger partial charge on any atom is 0.317 e. The first-order valence-corrected chi connectivity index (χ1v) is 8.85. The van der Waals surface area contributed by atoms with Crippen molar-refractivity contribution in [1.29, 1.82) is 0 Å². The monoisotopic (exact) mass is 356 g/mol. The van der Waals surface area contributed by atoms with Crippen LogP contribution in [0.4, 0.5) is 4.79 Å². The van der Waals surface area contributed by atoms with Crippen LogP contribution in [-0.4, -0.2) is 38.7 Å². The average Bonchev–Trinajstić information content (AvgIpc) is 2.68. The van der Waals surface area contributed by atoms with Gasteiger partial charge in [-0.2, -0.15) is 0 Å². The molecule has 0 aliphatic carbocycles. The van der Waals surface area contributed by atoms with Gasteiger partial charge in [-0.3, -0.25) is 0 Å². The molecule has 5 heteroatoms. The van der Waals surface area contributed by atoms with E-state index in [-0.39, 0.29) is 6.03 Å². The fourth-order valence-electron chi connectivity index (χ4n) is 2.71. The van der Waals surface area contributed by atoms with E-state index in [2.05, 4.69) is 36.5 Å². The molecule has 0 aliphatic heterocycles. The molecular weight excluding hydrogens is 328 g/mol. The largest absolute Gasteiger partial charge is 0.493 e. The second-order valence-electron chi connectivity index (χ2n) is 6.20. The lowest BCUT2D eigenvalue weighted by molar-refractivity contribution is 0.207. The van der Waals surface area contributed by atoms with Crippen molar-refractivity contribution in [2.24, 2.45) is 0 Å². The van der Waals surface area contributed by atoms with E-state index in [0.29, 0.717) is 24.6 Å². The molecule has 0 atom stereocenters. The summed E-state index contributed by atoms with van der Waals surface area (Å²) >= 11 is 0. The lowest BCUT2D eigenvalue weighted by atomic mass is 10.1. The lowest BCUT2D eigenvalue weighted by Gasteiger charge is -2.18. The van der Waals surface area contributed by atoms with Gasteiger partial charge < -0.3 is 19.7 Å². The fraction of sp³-hybridized carbons (Fsp3) is 0.381. The molecule has 2 aromatic carbocycles. The molecule has 1 N–H and O–H groups in total. The number of aryl methyl sites for hydroxylation is 1. The Labute approximate surface area is 155 Å². The number of benzene rings is 2. The summed E-state index contributed by atoms with van der Waals surface area (Å²) in [4.78, 5) is 13.9. The zero-order chi connectivity index (χ0) is 18.9. The molecular formula is C21H28N2O3. The van der Waals surface area contributed by atoms with Crippen molar-refractivity contribution in [2.75, 3.05) is 27.8 Å². The smallest absolute Gasteiger partial charge is 0.317 e. The average molecular weight is 356 g/mol. The van der Waals surface area contributed by atoms with Crippen molar-refractivity contribution in [3.8, 4) is 11.5 Å². The topological polar surface area (TPSA) is 50.8 Å². The van der Waals surface area contributed by atoms with Gasteiger partial charge in [0.15, 0.2) is 11.5 Å². The van der Waals surface area contributed by atoms with Crippen LogP contribution < -0.4 is 14.8 Å². The summed E-state index contributed by atoms with van der Waals surface area (Å²) in [5.74, 6) is 1.40. The van der Waals surface area contributed by atoms with Crippen molar-refractivity contribution in [3.05, 3.63) is 59.2 Å². The van der Waals surface area contributed by atoms with E-state index in [0.717, 1.165) is 24.0 Å². The maximum absolute atomic E-state index is 12.3. The predicted molar refractivity (Wildman–Crippen MR) is 104 cm³/mol. The molecule has 5 nitrogen and oxygen atoms in total. The Bertz CT molecular complexity index is 714. The number of urea groups is 1. The first kappa shape index (κ1) is 19.6. The number of hydrogen-bond donors (Lipinski definition) is 1. The Morgan fingerprint density at radius 2 is 1.58 bits per heavy atom. The van der Waals surface area contributed by atoms with E-state index < -0.39 is 0 Å². The molecule has 0 aliphatic rings. The van der Waals surface area contributed by atoms with Crippen molar-refractivity contribution in [2.45, 2.75) is 26.3 Å². The van der Waals surface area contributed by atoms with E-state index in [4.69, 9.17) is 9.47 Å². The Morgan fingerprint density at radius 1 is 0.962 bits per heavy atom. The zero-order valence-electron chi connectivity index (χ0n) is 16.0. The Hall–Kier alpha value is -2.69. The fourth-order valence-corrected chi connectivity index (χ4v) is 2.71. The molecule has 0 fully saturated rings. The number of amides is 2. The first-order chi connectivity index (χ1) is 12.6. The van der Waals surface area contributed by atoms with Gasteiger partial charge >= 0.3 is 6.03 Å². The van der Waals surface area contributed by atoms with Gasteiger partial charge in [-0.1, -0.05) is 37.3 Å². The second kappa shape index (κ2) is 9.70. The van der Waals surface area contributed by atoms with Gasteiger partial charge in [0.2, 0.25) is 0 Å². The Morgan fingerprint density at radius 3 is 2.19 bits per heavy atom. The lowest BCUT2D eigenvalue weighted by Crippen LogP contribution is -2.37. The summed E-state index contributed by atoms with van der Waals surface area (Å²) < 4.78 is 10.5. The molecule has 0 unspecified atom stereocenters. The van der Waals surface area contributed by atoms with Gasteiger partial charge in [-0.25, -0.2) is 4.79 Å². The zero-order valence-corrected chi connectivity index (χ0v) is 16.0. The molecule has 2 amide bonds. The highest BCUT2D eigenvalue weighted by Gasteiger charge is 2.09. The van der Waals surface area contributed by atoms with Crippen molar-refractivity contribution >= 4 is 6.03 Å². The third-order valence-corrected chi connectivity index (χ3v) is 4.34. The van der Waals surface area contributed by atoms with E-state index in [1.807, 2.05) is 18.2 Å². The van der Waals surface area contributed by atoms with Gasteiger partial charge in [-0.15, -0.1) is 0 Å². The quantitative estimate of drug-likeness (QED) is 0.785. The molecule has 0 saturated heterocycles. The highest BCUT2D eigenvalue weighted by atomic mass is 16.5. The first-order valence-electron chi connectivity index (χ1n) is 8.85. The van der Waals surface area contributed by atoms with Crippen LogP contribution >= 0.6 is 0 Å². The normalized spacial score (nSPS) is 10.3. The van der Waals surface area contributed by atoms with E-state index >= 15 is 0 Å². The number of hydrogen-bond acceptors (Lipinski definition) is 3. The van der Waals surface area contributed by atoms with Gasteiger partial charge in [0.05, 0.1) is 14.2 Å². The maximum atomic E-state index is 12.3. The van der Waals surface area contributed by atoms with Crippen LogP contribution in [0.3, 0.4) is 0 Å². The molecule has 2 aromatic rings. The number of rotatable bonds is 8. The number of ether oxygens (including phenoxy) is 2. The molecule has 0 aromatic heterocycles. The number of nitrogens with zero attached hydrogens (tertiary/aromatic N) is 1. The summed E-state index contributed by atoms with van der Waals surface area (Å²) in [5.41, 5.74) is 3.51. The summed E-state index contributed by atoms with van der Waals surface area (Å²) in [7, 11) is 5.04. The van der Waals surface area contributed by atoms with Gasteiger partial charge in [0.1, 0.15) is 0 Å². The van der Waals surface area contributed by atoms with Crippen molar-refractivity contribution < 1.29 is 14.3 Å². The minimum atomic E-state index is -0.0787. The third-order valence-electron chi connectivity index (χ3n) is 4.34. The molecule has 0 radical (unpaired) electrons. The van der Waals surface area contributed by atoms with Crippen LogP contribution in [0, 0.1) is 0 Å². The minimum absolute atomic E-state index is 0.0787. The van der Waals surface area contributed by atoms with E-state index in [1.165, 1.54) is 5.56 Å². The highest BCUT2D eigenvalue weighted by molar-refractivity contribution is 5.73. The van der Waals surface area contributed by atoms with Crippen LogP contribution in [0.5, 0.6) is 11.5 Å². The van der Waals surface area contributed by atoms with Gasteiger partial charge in [0, 0.05) is 20.1 Å². The number of methoxy groups -OCH3 is 2. The van der Waals surface area contributed by atoms with Crippen LogP contribution in [0.25, 0.3) is 0 Å². The van der Waals surface area contributed by atoms with Gasteiger partial charge in [0.25, 0.3) is 0 Å². The highest BCUT2D eigenvalue weighted by Crippen LogP contribution is 2.27. The Balaban J connectivity index is 1.82. The summed E-state index contributed by atoms with van der Waals surface area (Å²) in [5, 5.41) is 2.95. The predicted octanol–water partition coefficient (Wildman–Crippen LogP) is 3.65.